The molecule has 2 heterocycles. The Balaban J connectivity index is 1.89. The lowest BCUT2D eigenvalue weighted by atomic mass is 10.00. The van der Waals surface area contributed by atoms with E-state index in [0.717, 1.165) is 24.6 Å². The quantitative estimate of drug-likeness (QED) is 0.853. The zero-order valence-electron chi connectivity index (χ0n) is 9.39. The van der Waals surface area contributed by atoms with Gasteiger partial charge < -0.3 is 10.6 Å². The molecule has 1 atom stereocenters. The van der Waals surface area contributed by atoms with Crippen molar-refractivity contribution in [2.24, 2.45) is 0 Å². The minimum absolute atomic E-state index is 0.328. The van der Waals surface area contributed by atoms with Gasteiger partial charge in [-0.1, -0.05) is 35.6 Å². The standard InChI is InChI=1S/C12H14N4S/c1-2-4-10-9(3-1)7-13-6-5-11(10)15-12-16-14-8-17-12/h1-4,8,11,13H,5-7H2,(H,15,16). The normalized spacial score (nSPS) is 19.4. The fourth-order valence-electron chi connectivity index (χ4n) is 2.20. The summed E-state index contributed by atoms with van der Waals surface area (Å²) in [5, 5.41) is 15.7. The molecule has 0 saturated heterocycles. The van der Waals surface area contributed by atoms with E-state index in [1.165, 1.54) is 11.1 Å². The number of fused-ring (bicyclic) bond motifs is 1. The number of hydrogen-bond acceptors (Lipinski definition) is 5. The third-order valence-corrected chi connectivity index (χ3v) is 3.64. The summed E-state index contributed by atoms with van der Waals surface area (Å²) in [5.41, 5.74) is 4.49. The Hall–Kier alpha value is -1.46. The van der Waals surface area contributed by atoms with Crippen LogP contribution >= 0.6 is 11.3 Å². The number of nitrogens with one attached hydrogen (secondary N) is 2. The Labute approximate surface area is 104 Å². The van der Waals surface area contributed by atoms with Gasteiger partial charge >= 0.3 is 0 Å². The fourth-order valence-corrected chi connectivity index (χ4v) is 2.69. The molecule has 3 rings (SSSR count). The average molecular weight is 246 g/mol. The van der Waals surface area contributed by atoms with Crippen molar-refractivity contribution in [3.05, 3.63) is 40.9 Å². The van der Waals surface area contributed by atoms with Gasteiger partial charge in [0.25, 0.3) is 0 Å². The molecule has 17 heavy (non-hydrogen) atoms. The third kappa shape index (κ3) is 2.30. The first-order chi connectivity index (χ1) is 8.43. The van der Waals surface area contributed by atoms with Gasteiger partial charge in [-0.15, -0.1) is 10.2 Å². The van der Waals surface area contributed by atoms with E-state index in [0.29, 0.717) is 6.04 Å². The maximum absolute atomic E-state index is 4.05. The largest absolute Gasteiger partial charge is 0.353 e. The van der Waals surface area contributed by atoms with Gasteiger partial charge in [-0.2, -0.15) is 0 Å². The first-order valence-electron chi connectivity index (χ1n) is 5.75. The Morgan fingerprint density at radius 1 is 1.35 bits per heavy atom. The van der Waals surface area contributed by atoms with Gasteiger partial charge in [0.2, 0.25) is 5.13 Å². The molecule has 0 spiro atoms. The van der Waals surface area contributed by atoms with Gasteiger partial charge in [0.15, 0.2) is 0 Å². The molecule has 0 radical (unpaired) electrons. The number of anilines is 1. The molecule has 0 bridgehead atoms. The second-order valence-electron chi connectivity index (χ2n) is 4.11. The van der Waals surface area contributed by atoms with Gasteiger partial charge in [-0.25, -0.2) is 0 Å². The summed E-state index contributed by atoms with van der Waals surface area (Å²) in [6, 6.07) is 8.89. The third-order valence-electron chi connectivity index (χ3n) is 3.01. The lowest BCUT2D eigenvalue weighted by molar-refractivity contribution is 0.636. The Bertz CT molecular complexity index is 483. The van der Waals surface area contributed by atoms with E-state index in [4.69, 9.17) is 0 Å². The topological polar surface area (TPSA) is 49.8 Å². The maximum Gasteiger partial charge on any atom is 0.205 e. The number of aromatic nitrogens is 2. The van der Waals surface area contributed by atoms with Crippen LogP contribution in [0.1, 0.15) is 23.6 Å². The van der Waals surface area contributed by atoms with Gasteiger partial charge in [-0.3, -0.25) is 0 Å². The van der Waals surface area contributed by atoms with Crippen molar-refractivity contribution in [1.82, 2.24) is 15.5 Å². The molecule has 0 amide bonds. The van der Waals surface area contributed by atoms with Crippen molar-refractivity contribution < 1.29 is 0 Å². The minimum Gasteiger partial charge on any atom is -0.353 e. The molecular formula is C12H14N4S. The van der Waals surface area contributed by atoms with E-state index >= 15 is 0 Å². The highest BCUT2D eigenvalue weighted by molar-refractivity contribution is 7.13. The highest BCUT2D eigenvalue weighted by Crippen LogP contribution is 2.27. The van der Waals surface area contributed by atoms with E-state index in [2.05, 4.69) is 45.1 Å². The van der Waals surface area contributed by atoms with E-state index in [1.54, 1.807) is 16.8 Å². The summed E-state index contributed by atoms with van der Waals surface area (Å²) in [5.74, 6) is 0. The molecule has 1 aliphatic rings. The lowest BCUT2D eigenvalue weighted by Gasteiger charge is -2.17. The minimum atomic E-state index is 0.328. The number of benzene rings is 1. The zero-order chi connectivity index (χ0) is 11.5. The molecule has 5 heteroatoms. The van der Waals surface area contributed by atoms with Crippen LogP contribution in [-0.2, 0) is 6.54 Å². The van der Waals surface area contributed by atoms with Gasteiger partial charge in [0.1, 0.15) is 5.51 Å². The summed E-state index contributed by atoms with van der Waals surface area (Å²) >= 11 is 1.54. The highest BCUT2D eigenvalue weighted by Gasteiger charge is 2.18. The molecule has 1 aromatic carbocycles. The molecule has 2 aromatic rings. The summed E-state index contributed by atoms with van der Waals surface area (Å²) < 4.78 is 0. The van der Waals surface area contributed by atoms with Crippen LogP contribution in [0.2, 0.25) is 0 Å². The first kappa shape index (κ1) is 10.7. The summed E-state index contributed by atoms with van der Waals surface area (Å²) in [7, 11) is 0. The zero-order valence-corrected chi connectivity index (χ0v) is 10.2. The molecule has 2 N–H and O–H groups in total. The second kappa shape index (κ2) is 4.81. The molecule has 0 aliphatic carbocycles. The fraction of sp³-hybridized carbons (Fsp3) is 0.333. The molecule has 0 saturated carbocycles. The lowest BCUT2D eigenvalue weighted by Crippen LogP contribution is -2.15. The predicted molar refractivity (Wildman–Crippen MR) is 69.0 cm³/mol. The van der Waals surface area contributed by atoms with Gasteiger partial charge in [-0.05, 0) is 24.1 Å². The molecule has 1 aromatic heterocycles. The summed E-state index contributed by atoms with van der Waals surface area (Å²) in [4.78, 5) is 0. The van der Waals surface area contributed by atoms with Crippen molar-refractivity contribution in [1.29, 1.82) is 0 Å². The Kier molecular flexibility index (Phi) is 3.02. The monoisotopic (exact) mass is 246 g/mol. The van der Waals surface area contributed by atoms with E-state index in [1.807, 2.05) is 0 Å². The second-order valence-corrected chi connectivity index (χ2v) is 4.94. The molecule has 88 valence electrons. The molecule has 1 unspecified atom stereocenters. The van der Waals surface area contributed by atoms with Crippen molar-refractivity contribution in [2.45, 2.75) is 19.0 Å². The van der Waals surface area contributed by atoms with Crippen LogP contribution in [0.5, 0.6) is 0 Å². The summed E-state index contributed by atoms with van der Waals surface area (Å²) in [6.45, 7) is 1.97. The van der Waals surface area contributed by atoms with Crippen LogP contribution in [0.25, 0.3) is 0 Å². The molecule has 4 nitrogen and oxygen atoms in total. The summed E-state index contributed by atoms with van der Waals surface area (Å²) in [6.07, 6.45) is 1.07. The molecular weight excluding hydrogens is 232 g/mol. The first-order valence-corrected chi connectivity index (χ1v) is 6.62. The number of nitrogens with zero attached hydrogens (tertiary/aromatic N) is 2. The Morgan fingerprint density at radius 2 is 2.29 bits per heavy atom. The van der Waals surface area contributed by atoms with Crippen molar-refractivity contribution in [2.75, 3.05) is 11.9 Å². The molecule has 1 aliphatic heterocycles. The van der Waals surface area contributed by atoms with E-state index < -0.39 is 0 Å². The van der Waals surface area contributed by atoms with Crippen LogP contribution < -0.4 is 10.6 Å². The van der Waals surface area contributed by atoms with Crippen LogP contribution in [0.3, 0.4) is 0 Å². The predicted octanol–water partition coefficient (Wildman–Crippen LogP) is 2.18. The number of rotatable bonds is 2. The van der Waals surface area contributed by atoms with Gasteiger partial charge in [0, 0.05) is 6.54 Å². The Morgan fingerprint density at radius 3 is 3.18 bits per heavy atom. The van der Waals surface area contributed by atoms with Crippen LogP contribution in [0.15, 0.2) is 29.8 Å². The van der Waals surface area contributed by atoms with Crippen LogP contribution in [0, 0.1) is 0 Å². The smallest absolute Gasteiger partial charge is 0.205 e. The molecule has 0 fully saturated rings. The highest BCUT2D eigenvalue weighted by atomic mass is 32.1. The van der Waals surface area contributed by atoms with Crippen LogP contribution in [-0.4, -0.2) is 16.7 Å². The average Bonchev–Trinajstić information content (AvgIpc) is 2.78. The van der Waals surface area contributed by atoms with Crippen molar-refractivity contribution >= 4 is 16.5 Å². The van der Waals surface area contributed by atoms with Crippen LogP contribution in [0.4, 0.5) is 5.13 Å². The van der Waals surface area contributed by atoms with Crippen molar-refractivity contribution in [3.8, 4) is 0 Å². The van der Waals surface area contributed by atoms with E-state index in [-0.39, 0.29) is 0 Å². The SMILES string of the molecule is c1ccc2c(c1)CNCCC2Nc1nncs1. The van der Waals surface area contributed by atoms with Crippen molar-refractivity contribution in [3.63, 3.8) is 0 Å². The maximum atomic E-state index is 4.05. The van der Waals surface area contributed by atoms with Gasteiger partial charge in [0.05, 0.1) is 6.04 Å². The number of hydrogen-bond donors (Lipinski definition) is 2. The van der Waals surface area contributed by atoms with E-state index in [9.17, 15) is 0 Å².